The summed E-state index contributed by atoms with van der Waals surface area (Å²) in [6.45, 7) is 14.9. The minimum Gasteiger partial charge on any atom is -0.493 e. The molecule has 84 heavy (non-hydrogen) atoms. The van der Waals surface area contributed by atoms with E-state index in [1.807, 2.05) is 18.2 Å². The zero-order valence-corrected chi connectivity index (χ0v) is 47.8. The molecule has 11 aromatic carbocycles. The monoisotopic (exact) mass is 1080 g/mol. The van der Waals surface area contributed by atoms with Crippen LogP contribution in [0.5, 0.6) is 5.75 Å². The number of benzene rings is 11. The molecule has 0 radical (unpaired) electrons. The maximum absolute atomic E-state index is 6.35. The Hall–Kier alpha value is -9.96. The van der Waals surface area contributed by atoms with Gasteiger partial charge < -0.3 is 14.2 Å². The summed E-state index contributed by atoms with van der Waals surface area (Å²) >= 11 is 0. The van der Waals surface area contributed by atoms with Crippen LogP contribution in [0.15, 0.2) is 281 Å². The highest BCUT2D eigenvalue weighted by molar-refractivity contribution is 6.11. The largest absolute Gasteiger partial charge is 0.493 e. The van der Waals surface area contributed by atoms with Crippen LogP contribution >= 0.6 is 0 Å². The van der Waals surface area contributed by atoms with Gasteiger partial charge in [0, 0.05) is 38.9 Å². The number of hydrogen-bond acceptors (Lipinski definition) is 2. The van der Waals surface area contributed by atoms with Crippen molar-refractivity contribution in [2.75, 3.05) is 11.5 Å². The van der Waals surface area contributed by atoms with Crippen molar-refractivity contribution in [1.82, 2.24) is 4.57 Å². The van der Waals surface area contributed by atoms with Gasteiger partial charge in [0.2, 0.25) is 0 Å². The molecular formula is C81H68N2O. The van der Waals surface area contributed by atoms with Crippen LogP contribution in [-0.4, -0.2) is 11.2 Å². The quantitative estimate of drug-likeness (QED) is 0.0708. The Labute approximate surface area is 495 Å². The number of rotatable bonds is 20. The lowest BCUT2D eigenvalue weighted by atomic mass is 9.69. The van der Waals surface area contributed by atoms with Gasteiger partial charge in [0.25, 0.3) is 0 Å². The van der Waals surface area contributed by atoms with Crippen molar-refractivity contribution in [3.63, 3.8) is 0 Å². The molecule has 3 heteroatoms. The summed E-state index contributed by atoms with van der Waals surface area (Å²) in [4.78, 5) is 2.43. The molecular weight excluding hydrogens is 1020 g/mol. The van der Waals surface area contributed by atoms with Gasteiger partial charge in [-0.3, -0.25) is 0 Å². The second-order valence-corrected chi connectivity index (χ2v) is 22.4. The fraction of sp³-hybridized carbons (Fsp3) is 0.111. The van der Waals surface area contributed by atoms with Gasteiger partial charge in [0.1, 0.15) is 5.75 Å². The molecule has 3 nitrogen and oxygen atoms in total. The standard InChI is InChI=1S/C81H68N2O/c1-5-57-26-32-61(33-27-57)62-36-44-70(45-37-62)83-79-50-40-65(63-34-28-58(6-2)29-35-63)53-75(79)76-54-66(41-51-80(76)83)64-38-42-69(43-39-64)82(68-22-13-10-14-23-68)71-46-49-74-73-24-15-16-25-77(73)81(78(74)55-71,67-20-11-9-12-21-67)52-18-17-19-60(8-4)56-84-72-47-30-59(7-3)31-48-72/h5-7,9-16,20-51,53-55,60H,1-3,8,17-19,52,56H2,4H3. The van der Waals surface area contributed by atoms with Crippen LogP contribution < -0.4 is 9.64 Å². The minimum absolute atomic E-state index is 0.332. The van der Waals surface area contributed by atoms with Gasteiger partial charge in [-0.1, -0.05) is 240 Å². The molecule has 1 heterocycles. The van der Waals surface area contributed by atoms with Crippen LogP contribution in [0.3, 0.4) is 0 Å². The Morgan fingerprint density at radius 1 is 0.440 bits per heavy atom. The molecule has 0 N–H and O–H groups in total. The lowest BCUT2D eigenvalue weighted by molar-refractivity contribution is 0.232. The van der Waals surface area contributed by atoms with Crippen LogP contribution in [0, 0.1) is 5.92 Å². The first kappa shape index (κ1) is 53.4. The minimum atomic E-state index is -0.332. The number of nitrogens with zero attached hydrogens (tertiary/aromatic N) is 2. The number of unbranched alkanes of at least 4 members (excludes halogenated alkanes) is 1. The number of anilines is 3. The number of aromatic nitrogens is 1. The van der Waals surface area contributed by atoms with E-state index in [1.165, 1.54) is 60.8 Å². The fourth-order valence-corrected chi connectivity index (χ4v) is 13.0. The topological polar surface area (TPSA) is 17.4 Å². The Morgan fingerprint density at radius 3 is 1.50 bits per heavy atom. The smallest absolute Gasteiger partial charge is 0.119 e. The van der Waals surface area contributed by atoms with E-state index in [1.54, 1.807) is 0 Å². The molecule has 0 bridgehead atoms. The first-order valence-corrected chi connectivity index (χ1v) is 29.7. The molecule has 1 aliphatic rings. The van der Waals surface area contributed by atoms with Crippen LogP contribution in [0.4, 0.5) is 17.1 Å². The highest BCUT2D eigenvalue weighted by Gasteiger charge is 2.44. The average molecular weight is 1090 g/mol. The second-order valence-electron chi connectivity index (χ2n) is 22.4. The highest BCUT2D eigenvalue weighted by Crippen LogP contribution is 2.56. The Bertz CT molecular complexity index is 4310. The van der Waals surface area contributed by atoms with Crippen molar-refractivity contribution in [3.8, 4) is 55.9 Å². The van der Waals surface area contributed by atoms with Gasteiger partial charge in [0.05, 0.1) is 17.6 Å². The Morgan fingerprint density at radius 2 is 0.917 bits per heavy atom. The lowest BCUT2D eigenvalue weighted by Gasteiger charge is -2.34. The third kappa shape index (κ3) is 10.2. The van der Waals surface area contributed by atoms with Crippen LogP contribution in [0.25, 0.3) is 90.2 Å². The summed E-state index contributed by atoms with van der Waals surface area (Å²) in [5.41, 5.74) is 23.5. The maximum Gasteiger partial charge on any atom is 0.119 e. The summed E-state index contributed by atoms with van der Waals surface area (Å²) in [7, 11) is 0. The molecule has 13 rings (SSSR count). The van der Waals surface area contributed by atoms with E-state index in [0.717, 1.165) is 106 Å². The number of fused-ring (bicyclic) bond motifs is 6. The van der Waals surface area contributed by atoms with Crippen molar-refractivity contribution in [2.45, 2.75) is 44.4 Å². The summed E-state index contributed by atoms with van der Waals surface area (Å²) in [5, 5.41) is 2.41. The number of ether oxygens (including phenoxy) is 1. The summed E-state index contributed by atoms with van der Waals surface area (Å²) in [5.74, 6) is 1.39. The van der Waals surface area contributed by atoms with Crippen LogP contribution in [0.2, 0.25) is 0 Å². The van der Waals surface area contributed by atoms with Gasteiger partial charge in [0.15, 0.2) is 0 Å². The predicted octanol–water partition coefficient (Wildman–Crippen LogP) is 22.2. The fourth-order valence-electron chi connectivity index (χ4n) is 13.0. The van der Waals surface area contributed by atoms with Gasteiger partial charge in [-0.2, -0.15) is 0 Å². The zero-order valence-electron chi connectivity index (χ0n) is 47.8. The first-order valence-electron chi connectivity index (χ1n) is 29.7. The Balaban J connectivity index is 0.848. The number of para-hydroxylation sites is 1. The van der Waals surface area contributed by atoms with Crippen molar-refractivity contribution in [2.24, 2.45) is 5.92 Å². The van der Waals surface area contributed by atoms with E-state index in [-0.39, 0.29) is 5.41 Å². The third-order valence-corrected chi connectivity index (χ3v) is 17.6. The normalized spacial score (nSPS) is 13.7. The molecule has 408 valence electrons. The zero-order chi connectivity index (χ0) is 57.0. The molecule has 2 atom stereocenters. The first-order chi connectivity index (χ1) is 41.4. The molecule has 0 saturated carbocycles. The molecule has 0 aliphatic heterocycles. The van der Waals surface area contributed by atoms with Crippen molar-refractivity contribution >= 4 is 57.1 Å². The van der Waals surface area contributed by atoms with Crippen LogP contribution in [0.1, 0.15) is 72.4 Å². The molecule has 2 unspecified atom stereocenters. The van der Waals surface area contributed by atoms with E-state index in [0.29, 0.717) is 5.92 Å². The predicted molar refractivity (Wildman–Crippen MR) is 358 cm³/mol. The van der Waals surface area contributed by atoms with E-state index in [9.17, 15) is 0 Å². The molecule has 0 spiro atoms. The summed E-state index contributed by atoms with van der Waals surface area (Å²) in [6.07, 6.45) is 11.0. The van der Waals surface area contributed by atoms with E-state index in [2.05, 4.69) is 297 Å². The third-order valence-electron chi connectivity index (χ3n) is 17.6. The maximum atomic E-state index is 6.35. The van der Waals surface area contributed by atoms with Gasteiger partial charge in [-0.25, -0.2) is 0 Å². The summed E-state index contributed by atoms with van der Waals surface area (Å²) in [6, 6.07) is 96.0. The van der Waals surface area contributed by atoms with E-state index in [4.69, 9.17) is 4.74 Å². The van der Waals surface area contributed by atoms with Crippen molar-refractivity contribution in [3.05, 3.63) is 314 Å². The van der Waals surface area contributed by atoms with Crippen LogP contribution in [-0.2, 0) is 5.41 Å². The van der Waals surface area contributed by atoms with Crippen molar-refractivity contribution in [1.29, 1.82) is 0 Å². The molecule has 0 saturated heterocycles. The number of hydrogen-bond donors (Lipinski definition) is 0. The lowest BCUT2D eigenvalue weighted by Crippen LogP contribution is -2.27. The van der Waals surface area contributed by atoms with Crippen molar-refractivity contribution < 1.29 is 4.74 Å². The van der Waals surface area contributed by atoms with E-state index >= 15 is 0 Å². The van der Waals surface area contributed by atoms with Gasteiger partial charge in [-0.15, -0.1) is 0 Å². The van der Waals surface area contributed by atoms with E-state index < -0.39 is 0 Å². The Kier molecular flexibility index (Phi) is 14.9. The second kappa shape index (κ2) is 23.5. The average Bonchev–Trinajstić information content (AvgIpc) is 2.74. The highest BCUT2D eigenvalue weighted by atomic mass is 16.5. The van der Waals surface area contributed by atoms with Gasteiger partial charge in [-0.05, 0) is 182 Å². The molecule has 0 amide bonds. The molecule has 1 aliphatic carbocycles. The molecule has 12 aromatic rings. The SMILES string of the molecule is C=Cc1ccc(OCC(CC)CCCCC2(c3ccccc3)c3ccccc3-c3ccc(N(c4ccccc4)c4ccc(-c5ccc6c(c5)c5cc(-c7ccc(C=C)cc7)ccc5n6-c5ccc(-c6ccc(C=C)cc6)cc5)cc4)cc32)cc1. The molecule has 1 aromatic heterocycles. The summed E-state index contributed by atoms with van der Waals surface area (Å²) < 4.78 is 8.76. The van der Waals surface area contributed by atoms with Gasteiger partial charge >= 0.3 is 0 Å². The molecule has 0 fully saturated rings.